The predicted octanol–water partition coefficient (Wildman–Crippen LogP) is 2.41. The second-order valence-corrected chi connectivity index (χ2v) is 7.34. The molecule has 27 heavy (non-hydrogen) atoms. The average Bonchev–Trinajstić information content (AvgIpc) is 3.20. The Hall–Kier alpha value is -1.34. The minimum Gasteiger partial charge on any atom is -0.491 e. The van der Waals surface area contributed by atoms with E-state index in [9.17, 15) is 4.79 Å². The first-order chi connectivity index (χ1) is 12.7. The Balaban J connectivity index is 0.00000261. The molecule has 7 heteroatoms. The van der Waals surface area contributed by atoms with E-state index in [1.807, 2.05) is 24.3 Å². The van der Waals surface area contributed by atoms with E-state index < -0.39 is 0 Å². The van der Waals surface area contributed by atoms with Gasteiger partial charge in [-0.15, -0.1) is 12.4 Å². The summed E-state index contributed by atoms with van der Waals surface area (Å²) in [7, 11) is 1.72. The number of methoxy groups -OCH3 is 1. The van der Waals surface area contributed by atoms with E-state index in [-0.39, 0.29) is 29.8 Å². The van der Waals surface area contributed by atoms with Crippen molar-refractivity contribution in [3.05, 3.63) is 29.8 Å². The summed E-state index contributed by atoms with van der Waals surface area (Å²) in [6, 6.07) is 7.32. The summed E-state index contributed by atoms with van der Waals surface area (Å²) in [6.45, 7) is 4.64. The fraction of sp³-hybridized carbons (Fsp3) is 0.650. The number of hydrogen-bond donors (Lipinski definition) is 2. The summed E-state index contributed by atoms with van der Waals surface area (Å²) < 4.78 is 16.7. The fourth-order valence-corrected chi connectivity index (χ4v) is 3.67. The van der Waals surface area contributed by atoms with Crippen LogP contribution in [0.15, 0.2) is 24.3 Å². The number of rotatable bonds is 8. The zero-order valence-corrected chi connectivity index (χ0v) is 16.8. The summed E-state index contributed by atoms with van der Waals surface area (Å²) >= 11 is 0. The molecule has 2 aliphatic rings. The molecule has 0 aliphatic carbocycles. The second kappa shape index (κ2) is 10.9. The topological polar surface area (TPSA) is 68.8 Å². The molecule has 1 amide bonds. The van der Waals surface area contributed by atoms with Crippen LogP contribution in [0.25, 0.3) is 0 Å². The third kappa shape index (κ3) is 6.35. The molecule has 2 N–H and O–H groups in total. The number of benzene rings is 1. The van der Waals surface area contributed by atoms with Crippen molar-refractivity contribution in [3.8, 4) is 5.75 Å². The van der Waals surface area contributed by atoms with Crippen molar-refractivity contribution in [1.29, 1.82) is 0 Å². The van der Waals surface area contributed by atoms with Crippen LogP contribution in [0.3, 0.4) is 0 Å². The lowest BCUT2D eigenvalue weighted by Crippen LogP contribution is -2.47. The Morgan fingerprint density at radius 2 is 2.04 bits per heavy atom. The zero-order chi connectivity index (χ0) is 18.2. The van der Waals surface area contributed by atoms with Crippen LogP contribution in [0.5, 0.6) is 5.75 Å². The molecule has 0 radical (unpaired) electrons. The van der Waals surface area contributed by atoms with Crippen LogP contribution in [-0.2, 0) is 9.47 Å². The van der Waals surface area contributed by atoms with Crippen molar-refractivity contribution >= 4 is 18.3 Å². The van der Waals surface area contributed by atoms with Crippen molar-refractivity contribution in [1.82, 2.24) is 10.6 Å². The van der Waals surface area contributed by atoms with E-state index in [1.54, 1.807) is 7.11 Å². The standard InChI is InChI=1S/C20H30N2O4.ClH/c1-24-15-20(8-10-21-11-9-20)14-22-19(23)16-4-6-17(7-5-16)26-13-18-3-2-12-25-18;/h4-7,18,21H,2-3,8-15H2,1H3,(H,22,23);1H. The molecule has 0 aromatic heterocycles. The number of ether oxygens (including phenoxy) is 3. The minimum atomic E-state index is -0.0512. The number of carbonyl (C=O) groups excluding carboxylic acids is 1. The molecule has 152 valence electrons. The minimum absolute atomic E-state index is 0. The van der Waals surface area contributed by atoms with Crippen LogP contribution in [0.4, 0.5) is 0 Å². The first kappa shape index (κ1) is 22.0. The molecule has 2 fully saturated rings. The Morgan fingerprint density at radius 3 is 2.67 bits per heavy atom. The lowest BCUT2D eigenvalue weighted by atomic mass is 9.79. The molecule has 1 unspecified atom stereocenters. The molecule has 1 aromatic rings. The maximum atomic E-state index is 12.5. The molecule has 1 aromatic carbocycles. The molecule has 3 rings (SSSR count). The van der Waals surface area contributed by atoms with Gasteiger partial charge in [-0.25, -0.2) is 0 Å². The Bertz CT molecular complexity index is 564. The van der Waals surface area contributed by atoms with Crippen molar-refractivity contribution in [2.75, 3.05) is 46.6 Å². The first-order valence-corrected chi connectivity index (χ1v) is 9.53. The number of carbonyl (C=O) groups is 1. The van der Waals surface area contributed by atoms with Crippen LogP contribution in [0.2, 0.25) is 0 Å². The van der Waals surface area contributed by atoms with Crippen LogP contribution in [-0.4, -0.2) is 58.6 Å². The van der Waals surface area contributed by atoms with E-state index in [2.05, 4.69) is 10.6 Å². The van der Waals surface area contributed by atoms with Gasteiger partial charge in [0.05, 0.1) is 12.7 Å². The maximum Gasteiger partial charge on any atom is 0.251 e. The van der Waals surface area contributed by atoms with Gasteiger partial charge in [0.25, 0.3) is 5.91 Å². The van der Waals surface area contributed by atoms with Gasteiger partial charge in [0.15, 0.2) is 0 Å². The van der Waals surface area contributed by atoms with Crippen molar-refractivity contribution in [2.45, 2.75) is 31.8 Å². The van der Waals surface area contributed by atoms with Gasteiger partial charge < -0.3 is 24.8 Å². The van der Waals surface area contributed by atoms with Crippen LogP contribution in [0, 0.1) is 5.41 Å². The van der Waals surface area contributed by atoms with Crippen LogP contribution >= 0.6 is 12.4 Å². The third-order valence-corrected chi connectivity index (χ3v) is 5.32. The maximum absolute atomic E-state index is 12.5. The van der Waals surface area contributed by atoms with Crippen LogP contribution in [0.1, 0.15) is 36.0 Å². The fourth-order valence-electron chi connectivity index (χ4n) is 3.67. The molecule has 2 aliphatic heterocycles. The van der Waals surface area contributed by atoms with E-state index in [0.717, 1.165) is 51.1 Å². The van der Waals surface area contributed by atoms with Crippen molar-refractivity contribution in [2.24, 2.45) is 5.41 Å². The normalized spacial score (nSPS) is 21.3. The lowest BCUT2D eigenvalue weighted by molar-refractivity contribution is 0.0511. The van der Waals surface area contributed by atoms with Gasteiger partial charge in [-0.05, 0) is 63.0 Å². The average molecular weight is 399 g/mol. The number of hydrogen-bond acceptors (Lipinski definition) is 5. The molecule has 2 heterocycles. The molecule has 2 saturated heterocycles. The van der Waals surface area contributed by atoms with Gasteiger partial charge in [0, 0.05) is 31.2 Å². The smallest absolute Gasteiger partial charge is 0.251 e. The second-order valence-electron chi connectivity index (χ2n) is 7.34. The van der Waals surface area contributed by atoms with Crippen molar-refractivity contribution in [3.63, 3.8) is 0 Å². The van der Waals surface area contributed by atoms with Gasteiger partial charge in [0.2, 0.25) is 0 Å². The summed E-state index contributed by atoms with van der Waals surface area (Å²) in [4.78, 5) is 12.5. The van der Waals surface area contributed by atoms with Crippen LogP contribution < -0.4 is 15.4 Å². The Labute approximate surface area is 167 Å². The van der Waals surface area contributed by atoms with Gasteiger partial charge in [-0.1, -0.05) is 0 Å². The van der Waals surface area contributed by atoms with Gasteiger partial charge in [-0.2, -0.15) is 0 Å². The molecule has 0 bridgehead atoms. The van der Waals surface area contributed by atoms with Gasteiger partial charge in [0.1, 0.15) is 12.4 Å². The molecular formula is C20H31ClN2O4. The largest absolute Gasteiger partial charge is 0.491 e. The summed E-state index contributed by atoms with van der Waals surface area (Å²) in [6.07, 6.45) is 4.38. The highest BCUT2D eigenvalue weighted by Gasteiger charge is 2.32. The molecule has 6 nitrogen and oxygen atoms in total. The molecule has 1 atom stereocenters. The molecular weight excluding hydrogens is 368 g/mol. The number of piperidine rings is 1. The van der Waals surface area contributed by atoms with Gasteiger partial charge >= 0.3 is 0 Å². The lowest BCUT2D eigenvalue weighted by Gasteiger charge is -2.37. The monoisotopic (exact) mass is 398 g/mol. The van der Waals surface area contributed by atoms with Gasteiger partial charge in [-0.3, -0.25) is 4.79 Å². The summed E-state index contributed by atoms with van der Waals surface area (Å²) in [5.74, 6) is 0.718. The summed E-state index contributed by atoms with van der Waals surface area (Å²) in [5, 5.41) is 6.45. The highest BCUT2D eigenvalue weighted by Crippen LogP contribution is 2.28. The first-order valence-electron chi connectivity index (χ1n) is 9.53. The van der Waals surface area contributed by atoms with E-state index in [4.69, 9.17) is 14.2 Å². The molecule has 0 spiro atoms. The van der Waals surface area contributed by atoms with E-state index >= 15 is 0 Å². The quantitative estimate of drug-likeness (QED) is 0.703. The SMILES string of the molecule is COCC1(CNC(=O)c2ccc(OCC3CCCO3)cc2)CCNCC1.Cl. The van der Waals surface area contributed by atoms with E-state index in [0.29, 0.717) is 25.3 Å². The highest BCUT2D eigenvalue weighted by molar-refractivity contribution is 5.94. The van der Waals surface area contributed by atoms with E-state index in [1.165, 1.54) is 0 Å². The summed E-state index contributed by atoms with van der Waals surface area (Å²) in [5.41, 5.74) is 0.677. The Morgan fingerprint density at radius 1 is 1.30 bits per heavy atom. The highest BCUT2D eigenvalue weighted by atomic mass is 35.5. The zero-order valence-electron chi connectivity index (χ0n) is 16.0. The van der Waals surface area contributed by atoms with Crippen molar-refractivity contribution < 1.29 is 19.0 Å². The molecule has 0 saturated carbocycles. The third-order valence-electron chi connectivity index (χ3n) is 5.32. The predicted molar refractivity (Wildman–Crippen MR) is 107 cm³/mol. The number of amides is 1. The number of halogens is 1. The Kier molecular flexibility index (Phi) is 8.83. The number of nitrogens with one attached hydrogen (secondary N) is 2.